The van der Waals surface area contributed by atoms with Gasteiger partial charge in [-0.1, -0.05) is 41.0 Å². The Morgan fingerprint density at radius 3 is 2.00 bits per heavy atom. The monoisotopic (exact) mass is 180 g/mol. The molecule has 2 saturated carbocycles. The van der Waals surface area contributed by atoms with Crippen LogP contribution >= 0.6 is 0 Å². The summed E-state index contributed by atoms with van der Waals surface area (Å²) >= 11 is 0. The molecule has 0 aromatic carbocycles. The maximum absolute atomic E-state index is 2.48. The number of hydrogen-bond acceptors (Lipinski definition) is 0. The van der Waals surface area contributed by atoms with Crippen LogP contribution in [0.1, 0.15) is 47.5 Å². The number of rotatable bonds is 2. The summed E-state index contributed by atoms with van der Waals surface area (Å²) in [4.78, 5) is 0. The van der Waals surface area contributed by atoms with Crippen LogP contribution < -0.4 is 0 Å². The lowest BCUT2D eigenvalue weighted by Crippen LogP contribution is -2.45. The minimum Gasteiger partial charge on any atom is -0.0649 e. The minimum atomic E-state index is 0.687. The molecule has 0 radical (unpaired) electrons. The third kappa shape index (κ3) is 1.17. The highest BCUT2D eigenvalue weighted by atomic mass is 14.6. The fourth-order valence-corrected chi connectivity index (χ4v) is 3.67. The van der Waals surface area contributed by atoms with E-state index in [-0.39, 0.29) is 0 Å². The predicted molar refractivity (Wildman–Crippen MR) is 57.5 cm³/mol. The molecule has 0 heteroatoms. The molecule has 2 rings (SSSR count). The summed E-state index contributed by atoms with van der Waals surface area (Å²) in [5.41, 5.74) is 0.687. The summed E-state index contributed by atoms with van der Waals surface area (Å²) in [6.45, 7) is 12.2. The van der Waals surface area contributed by atoms with E-state index in [1.165, 1.54) is 12.8 Å². The summed E-state index contributed by atoms with van der Waals surface area (Å²) < 4.78 is 0. The normalized spacial score (nSPS) is 60.2. The summed E-state index contributed by atoms with van der Waals surface area (Å²) in [7, 11) is 0. The molecule has 5 atom stereocenters. The molecule has 0 aromatic heterocycles. The second-order valence-electron chi connectivity index (χ2n) is 5.96. The van der Waals surface area contributed by atoms with Crippen molar-refractivity contribution in [3.05, 3.63) is 0 Å². The first-order chi connectivity index (χ1) is 6.01. The smallest absolute Gasteiger partial charge is 0.0297 e. The number of hydrogen-bond donors (Lipinski definition) is 0. The van der Waals surface area contributed by atoms with Crippen molar-refractivity contribution in [1.82, 2.24) is 0 Å². The van der Waals surface area contributed by atoms with E-state index in [9.17, 15) is 0 Å². The lowest BCUT2D eigenvalue weighted by atomic mass is 9.52. The van der Waals surface area contributed by atoms with Crippen molar-refractivity contribution in [2.45, 2.75) is 47.5 Å². The van der Waals surface area contributed by atoms with Crippen LogP contribution in [-0.2, 0) is 0 Å². The highest BCUT2D eigenvalue weighted by molar-refractivity contribution is 5.06. The average Bonchev–Trinajstić information content (AvgIpc) is 2.70. The van der Waals surface area contributed by atoms with E-state index >= 15 is 0 Å². The van der Waals surface area contributed by atoms with Gasteiger partial charge in [0.1, 0.15) is 0 Å². The van der Waals surface area contributed by atoms with Crippen LogP contribution in [0.4, 0.5) is 0 Å². The van der Waals surface area contributed by atoms with Gasteiger partial charge in [-0.2, -0.15) is 0 Å². The van der Waals surface area contributed by atoms with E-state index in [0.29, 0.717) is 5.41 Å². The third-order valence-corrected chi connectivity index (χ3v) is 5.65. The van der Waals surface area contributed by atoms with Gasteiger partial charge >= 0.3 is 0 Å². The zero-order chi connectivity index (χ0) is 9.80. The fourth-order valence-electron chi connectivity index (χ4n) is 3.67. The summed E-state index contributed by atoms with van der Waals surface area (Å²) in [6.07, 6.45) is 2.88. The first-order valence-corrected chi connectivity index (χ1v) is 6.01. The molecule has 0 bridgehead atoms. The molecule has 76 valence electrons. The maximum Gasteiger partial charge on any atom is -0.0297 e. The van der Waals surface area contributed by atoms with Gasteiger partial charge in [-0.15, -0.1) is 0 Å². The summed E-state index contributed by atoms with van der Waals surface area (Å²) in [5.74, 6) is 5.17. The third-order valence-electron chi connectivity index (χ3n) is 5.65. The molecule has 2 aliphatic carbocycles. The molecule has 0 spiro atoms. The summed E-state index contributed by atoms with van der Waals surface area (Å²) in [5, 5.41) is 0. The molecule has 2 fully saturated rings. The van der Waals surface area contributed by atoms with E-state index < -0.39 is 0 Å². The van der Waals surface area contributed by atoms with Gasteiger partial charge in [0, 0.05) is 0 Å². The second-order valence-corrected chi connectivity index (χ2v) is 5.96. The zero-order valence-electron chi connectivity index (χ0n) is 9.80. The van der Waals surface area contributed by atoms with Crippen molar-refractivity contribution in [3.63, 3.8) is 0 Å². The van der Waals surface area contributed by atoms with Crippen LogP contribution in [0.15, 0.2) is 0 Å². The largest absolute Gasteiger partial charge is 0.0649 e. The van der Waals surface area contributed by atoms with Gasteiger partial charge in [-0.05, 0) is 41.4 Å². The van der Waals surface area contributed by atoms with Crippen LogP contribution in [0.2, 0.25) is 0 Å². The molecule has 0 saturated heterocycles. The first kappa shape index (κ1) is 9.55. The van der Waals surface area contributed by atoms with Crippen molar-refractivity contribution < 1.29 is 0 Å². The molecule has 0 aromatic rings. The molecular formula is C13H24. The fraction of sp³-hybridized carbons (Fsp3) is 1.00. The highest BCUT2D eigenvalue weighted by Crippen LogP contribution is 2.64. The van der Waals surface area contributed by atoms with E-state index in [2.05, 4.69) is 34.6 Å². The average molecular weight is 180 g/mol. The van der Waals surface area contributed by atoms with E-state index in [4.69, 9.17) is 0 Å². The molecule has 5 unspecified atom stereocenters. The summed E-state index contributed by atoms with van der Waals surface area (Å²) in [6, 6.07) is 0. The standard InChI is InChI=1S/C13H24/c1-6-13(5)7-11(10(13)4)12-8(2)9(12)3/h8-12H,6-7H2,1-5H3. The Kier molecular flexibility index (Phi) is 2.02. The first-order valence-electron chi connectivity index (χ1n) is 6.01. The molecule has 13 heavy (non-hydrogen) atoms. The Morgan fingerprint density at radius 1 is 1.15 bits per heavy atom. The molecule has 0 nitrogen and oxygen atoms in total. The Morgan fingerprint density at radius 2 is 1.69 bits per heavy atom. The predicted octanol–water partition coefficient (Wildman–Crippen LogP) is 3.96. The topological polar surface area (TPSA) is 0 Å². The lowest BCUT2D eigenvalue weighted by Gasteiger charge is -2.53. The zero-order valence-corrected chi connectivity index (χ0v) is 9.80. The van der Waals surface area contributed by atoms with E-state index in [1.807, 2.05) is 0 Å². The highest BCUT2D eigenvalue weighted by Gasteiger charge is 2.58. The Balaban J connectivity index is 1.94. The van der Waals surface area contributed by atoms with Crippen molar-refractivity contribution in [2.24, 2.45) is 35.0 Å². The SMILES string of the molecule is CCC1(C)CC(C2C(C)C2C)C1C. The maximum atomic E-state index is 2.48. The van der Waals surface area contributed by atoms with Crippen molar-refractivity contribution >= 4 is 0 Å². The van der Waals surface area contributed by atoms with Crippen LogP contribution in [0, 0.1) is 35.0 Å². The van der Waals surface area contributed by atoms with E-state index in [0.717, 1.165) is 29.6 Å². The van der Waals surface area contributed by atoms with Gasteiger partial charge < -0.3 is 0 Å². The van der Waals surface area contributed by atoms with Crippen molar-refractivity contribution in [1.29, 1.82) is 0 Å². The van der Waals surface area contributed by atoms with Crippen LogP contribution in [0.5, 0.6) is 0 Å². The molecule has 0 N–H and O–H groups in total. The molecular weight excluding hydrogens is 156 g/mol. The van der Waals surface area contributed by atoms with Gasteiger partial charge in [0.15, 0.2) is 0 Å². The molecule has 0 amide bonds. The van der Waals surface area contributed by atoms with E-state index in [1.54, 1.807) is 0 Å². The van der Waals surface area contributed by atoms with Crippen LogP contribution in [0.3, 0.4) is 0 Å². The van der Waals surface area contributed by atoms with Crippen molar-refractivity contribution in [2.75, 3.05) is 0 Å². The second kappa shape index (κ2) is 2.74. The molecule has 0 heterocycles. The van der Waals surface area contributed by atoms with Gasteiger partial charge in [-0.25, -0.2) is 0 Å². The van der Waals surface area contributed by atoms with Gasteiger partial charge in [0.05, 0.1) is 0 Å². The molecule has 0 aliphatic heterocycles. The Bertz CT molecular complexity index is 200. The van der Waals surface area contributed by atoms with Crippen LogP contribution in [0.25, 0.3) is 0 Å². The Labute approximate surface area is 83.1 Å². The Hall–Kier alpha value is 0. The van der Waals surface area contributed by atoms with Gasteiger partial charge in [0.2, 0.25) is 0 Å². The molecule has 2 aliphatic rings. The van der Waals surface area contributed by atoms with Crippen molar-refractivity contribution in [3.8, 4) is 0 Å². The van der Waals surface area contributed by atoms with Gasteiger partial charge in [0.25, 0.3) is 0 Å². The quantitative estimate of drug-likeness (QED) is 0.603. The lowest BCUT2D eigenvalue weighted by molar-refractivity contribution is -0.0350. The minimum absolute atomic E-state index is 0.687. The van der Waals surface area contributed by atoms with Gasteiger partial charge in [-0.3, -0.25) is 0 Å². The van der Waals surface area contributed by atoms with Crippen LogP contribution in [-0.4, -0.2) is 0 Å².